The van der Waals surface area contributed by atoms with Crippen LogP contribution in [0.1, 0.15) is 25.5 Å². The molecule has 0 bridgehead atoms. The second-order valence-electron chi connectivity index (χ2n) is 7.86. The van der Waals surface area contributed by atoms with Crippen LogP contribution >= 0.6 is 0 Å². The fraction of sp³-hybridized carbons (Fsp3) is 0.333. The van der Waals surface area contributed by atoms with E-state index in [0.29, 0.717) is 36.0 Å². The smallest absolute Gasteiger partial charge is 0.310 e. The zero-order valence-electron chi connectivity index (χ0n) is 17.6. The summed E-state index contributed by atoms with van der Waals surface area (Å²) in [5.41, 5.74) is 2.07. The largest absolute Gasteiger partial charge is 0.330 e. The summed E-state index contributed by atoms with van der Waals surface area (Å²) < 4.78 is 24.9. The molecule has 1 aromatic carbocycles. The van der Waals surface area contributed by atoms with Gasteiger partial charge in [0.1, 0.15) is 17.8 Å². The molecular weight excluding hydrogens is 416 g/mol. The van der Waals surface area contributed by atoms with Gasteiger partial charge in [-0.2, -0.15) is 0 Å². The minimum absolute atomic E-state index is 0.0228. The molecule has 0 aliphatic carbocycles. The molecule has 2 aromatic heterocycles. The van der Waals surface area contributed by atoms with Crippen LogP contribution in [0.5, 0.6) is 0 Å². The lowest BCUT2D eigenvalue weighted by Crippen LogP contribution is -2.32. The van der Waals surface area contributed by atoms with Gasteiger partial charge in [0, 0.05) is 31.1 Å². The maximum absolute atomic E-state index is 13.1. The van der Waals surface area contributed by atoms with Crippen LogP contribution in [0.2, 0.25) is 0 Å². The number of aromatic nitrogens is 4. The maximum atomic E-state index is 13.1. The van der Waals surface area contributed by atoms with Crippen LogP contribution in [0, 0.1) is 0 Å². The quantitative estimate of drug-likeness (QED) is 0.584. The third-order valence-corrected chi connectivity index (χ3v) is 5.91. The molecule has 3 aromatic rings. The van der Waals surface area contributed by atoms with Gasteiger partial charge in [-0.25, -0.2) is 18.2 Å². The van der Waals surface area contributed by atoms with E-state index < -0.39 is 9.84 Å². The van der Waals surface area contributed by atoms with E-state index in [-0.39, 0.29) is 17.8 Å². The number of rotatable bonds is 6. The van der Waals surface area contributed by atoms with E-state index in [9.17, 15) is 13.2 Å². The van der Waals surface area contributed by atoms with Crippen molar-refractivity contribution in [2.24, 2.45) is 0 Å². The summed E-state index contributed by atoms with van der Waals surface area (Å²) >= 11 is 0. The molecule has 0 N–H and O–H groups in total. The fourth-order valence-electron chi connectivity index (χ4n) is 3.57. The van der Waals surface area contributed by atoms with Gasteiger partial charge < -0.3 is 4.57 Å². The second-order valence-corrected chi connectivity index (χ2v) is 10.00. The first-order valence-electron chi connectivity index (χ1n) is 9.95. The van der Waals surface area contributed by atoms with Crippen LogP contribution in [-0.4, -0.2) is 53.5 Å². The van der Waals surface area contributed by atoms with Gasteiger partial charge in [-0.15, -0.1) is 10.2 Å². The summed E-state index contributed by atoms with van der Waals surface area (Å²) in [5, 5.41) is 8.17. The molecule has 1 aliphatic heterocycles. The van der Waals surface area contributed by atoms with E-state index in [1.54, 1.807) is 46.5 Å². The number of hydrogen-bond acceptors (Lipinski definition) is 6. The Hall–Kier alpha value is -3.27. The van der Waals surface area contributed by atoms with Gasteiger partial charge in [0.25, 0.3) is 0 Å². The SMILES string of the molecule is CC(C)n1cnnc1-c1cccc(N2CCN(c3ccc(CS(C)(=O)=O)cc3)C2=O)n1. The zero-order chi connectivity index (χ0) is 22.2. The van der Waals surface area contributed by atoms with E-state index in [0.717, 1.165) is 5.69 Å². The van der Waals surface area contributed by atoms with Crippen molar-refractivity contribution in [3.63, 3.8) is 0 Å². The number of carbonyl (C=O) groups excluding carboxylic acids is 1. The number of sulfone groups is 1. The molecule has 1 aliphatic rings. The number of amides is 2. The normalized spacial score (nSPS) is 14.6. The third kappa shape index (κ3) is 4.43. The number of pyridine rings is 1. The van der Waals surface area contributed by atoms with Crippen molar-refractivity contribution >= 4 is 27.4 Å². The molecule has 31 heavy (non-hydrogen) atoms. The summed E-state index contributed by atoms with van der Waals surface area (Å²) in [6.45, 7) is 5.09. The van der Waals surface area contributed by atoms with E-state index >= 15 is 0 Å². The zero-order valence-corrected chi connectivity index (χ0v) is 18.5. The highest BCUT2D eigenvalue weighted by atomic mass is 32.2. The number of nitrogens with zero attached hydrogens (tertiary/aromatic N) is 6. The molecular formula is C21H24N6O3S. The lowest BCUT2D eigenvalue weighted by atomic mass is 10.2. The molecule has 4 rings (SSSR count). The van der Waals surface area contributed by atoms with Gasteiger partial charge in [-0.3, -0.25) is 9.80 Å². The van der Waals surface area contributed by atoms with Gasteiger partial charge in [0.05, 0.1) is 5.75 Å². The van der Waals surface area contributed by atoms with E-state index in [4.69, 9.17) is 0 Å². The number of anilines is 2. The van der Waals surface area contributed by atoms with Crippen LogP contribution in [0.4, 0.5) is 16.3 Å². The Morgan fingerprint density at radius 3 is 2.42 bits per heavy atom. The summed E-state index contributed by atoms with van der Waals surface area (Å²) in [5.74, 6) is 1.18. The molecule has 1 fully saturated rings. The molecule has 1 saturated heterocycles. The molecule has 0 spiro atoms. The monoisotopic (exact) mass is 440 g/mol. The fourth-order valence-corrected chi connectivity index (χ4v) is 4.36. The Labute approximate surface area is 181 Å². The first kappa shape index (κ1) is 21.0. The average Bonchev–Trinajstić information content (AvgIpc) is 3.35. The van der Waals surface area contributed by atoms with Gasteiger partial charge in [-0.05, 0) is 43.7 Å². The van der Waals surface area contributed by atoms with E-state index in [2.05, 4.69) is 15.2 Å². The van der Waals surface area contributed by atoms with Crippen LogP contribution < -0.4 is 9.80 Å². The first-order chi connectivity index (χ1) is 14.7. The molecule has 3 heterocycles. The molecule has 0 radical (unpaired) electrons. The Morgan fingerprint density at radius 2 is 1.74 bits per heavy atom. The molecule has 10 heteroatoms. The molecule has 0 unspecified atom stereocenters. The molecule has 0 atom stereocenters. The highest BCUT2D eigenvalue weighted by Crippen LogP contribution is 2.27. The number of carbonyl (C=O) groups is 1. The summed E-state index contributed by atoms with van der Waals surface area (Å²) in [7, 11) is -3.10. The molecule has 162 valence electrons. The van der Waals surface area contributed by atoms with Gasteiger partial charge in [-0.1, -0.05) is 18.2 Å². The van der Waals surface area contributed by atoms with Crippen LogP contribution in [-0.2, 0) is 15.6 Å². The van der Waals surface area contributed by atoms with Crippen molar-refractivity contribution in [3.05, 3.63) is 54.4 Å². The number of hydrogen-bond donors (Lipinski definition) is 0. The van der Waals surface area contributed by atoms with Crippen molar-refractivity contribution in [1.82, 2.24) is 19.7 Å². The molecule has 9 nitrogen and oxygen atoms in total. The maximum Gasteiger partial charge on any atom is 0.330 e. The highest BCUT2D eigenvalue weighted by molar-refractivity contribution is 7.89. The van der Waals surface area contributed by atoms with Gasteiger partial charge in [0.15, 0.2) is 15.7 Å². The lowest BCUT2D eigenvalue weighted by Gasteiger charge is -2.19. The molecule has 0 saturated carbocycles. The summed E-state index contributed by atoms with van der Waals surface area (Å²) in [6.07, 6.45) is 2.87. The minimum Gasteiger partial charge on any atom is -0.310 e. The lowest BCUT2D eigenvalue weighted by molar-refractivity contribution is 0.255. The van der Waals surface area contributed by atoms with Gasteiger partial charge >= 0.3 is 6.03 Å². The third-order valence-electron chi connectivity index (χ3n) is 5.06. The van der Waals surface area contributed by atoms with E-state index in [1.165, 1.54) is 6.26 Å². The van der Waals surface area contributed by atoms with E-state index in [1.807, 2.05) is 30.5 Å². The van der Waals surface area contributed by atoms with Gasteiger partial charge in [0.2, 0.25) is 0 Å². The van der Waals surface area contributed by atoms with Crippen molar-refractivity contribution in [1.29, 1.82) is 0 Å². The number of benzene rings is 1. The standard InChI is InChI=1S/C21H24N6O3S/c1-15(2)27-14-22-24-20(27)18-5-4-6-19(23-18)26-12-11-25(21(26)28)17-9-7-16(8-10-17)13-31(3,29)30/h4-10,14-15H,11-13H2,1-3H3. The van der Waals surface area contributed by atoms with Crippen LogP contribution in [0.15, 0.2) is 48.8 Å². The van der Waals surface area contributed by atoms with Crippen LogP contribution in [0.25, 0.3) is 11.5 Å². The predicted octanol–water partition coefficient (Wildman–Crippen LogP) is 2.91. The molecule has 2 amide bonds. The predicted molar refractivity (Wildman–Crippen MR) is 119 cm³/mol. The summed E-state index contributed by atoms with van der Waals surface area (Å²) in [6, 6.07) is 12.5. The highest BCUT2D eigenvalue weighted by Gasteiger charge is 2.31. The van der Waals surface area contributed by atoms with Crippen molar-refractivity contribution in [3.8, 4) is 11.5 Å². The Morgan fingerprint density at radius 1 is 1.03 bits per heavy atom. The summed E-state index contributed by atoms with van der Waals surface area (Å²) in [4.78, 5) is 21.0. The Bertz CT molecular complexity index is 1200. The first-order valence-corrected chi connectivity index (χ1v) is 12.0. The minimum atomic E-state index is -3.10. The average molecular weight is 441 g/mol. The number of urea groups is 1. The van der Waals surface area contributed by atoms with Crippen molar-refractivity contribution in [2.45, 2.75) is 25.6 Å². The Balaban J connectivity index is 1.55. The van der Waals surface area contributed by atoms with Crippen LogP contribution in [0.3, 0.4) is 0 Å². The van der Waals surface area contributed by atoms with Crippen molar-refractivity contribution < 1.29 is 13.2 Å². The second kappa shape index (κ2) is 8.10. The topological polar surface area (TPSA) is 101 Å². The Kier molecular flexibility index (Phi) is 5.48. The van der Waals surface area contributed by atoms with Crippen molar-refractivity contribution in [2.75, 3.05) is 29.1 Å².